The van der Waals surface area contributed by atoms with Crippen molar-refractivity contribution in [2.45, 2.75) is 57.5 Å². The molecule has 192 valence electrons. The Kier molecular flexibility index (Phi) is 7.62. The first-order chi connectivity index (χ1) is 17.0. The van der Waals surface area contributed by atoms with Crippen LogP contribution in [0.25, 0.3) is 0 Å². The molecule has 0 saturated heterocycles. The van der Waals surface area contributed by atoms with Gasteiger partial charge in [0.05, 0.1) is 0 Å². The average molecular weight is 510 g/mol. The maximum Gasteiger partial charge on any atom is 0.429 e. The molecule has 1 aliphatic rings. The molecule has 0 radical (unpaired) electrons. The van der Waals surface area contributed by atoms with E-state index in [1.165, 1.54) is 18.4 Å². The van der Waals surface area contributed by atoms with Crippen molar-refractivity contribution in [2.75, 3.05) is 0 Å². The predicted octanol–water partition coefficient (Wildman–Crippen LogP) is 8.59. The van der Waals surface area contributed by atoms with Gasteiger partial charge in [0.1, 0.15) is 11.3 Å². The molecule has 0 N–H and O–H groups in total. The molecule has 0 heterocycles. The van der Waals surface area contributed by atoms with Gasteiger partial charge in [-0.3, -0.25) is 0 Å². The Labute approximate surface area is 204 Å². The van der Waals surface area contributed by atoms with E-state index in [0.29, 0.717) is 18.4 Å². The van der Waals surface area contributed by atoms with Crippen LogP contribution in [0.2, 0.25) is 0 Å². The summed E-state index contributed by atoms with van der Waals surface area (Å²) in [4.78, 5) is 0. The van der Waals surface area contributed by atoms with Gasteiger partial charge in [-0.15, -0.1) is 0 Å². The van der Waals surface area contributed by atoms with Crippen molar-refractivity contribution in [3.63, 3.8) is 0 Å². The van der Waals surface area contributed by atoms with Crippen molar-refractivity contribution in [3.05, 3.63) is 99.9 Å². The minimum absolute atomic E-state index is 0.0735. The molecular weight excluding hydrogens is 485 g/mol. The maximum atomic E-state index is 14.6. The summed E-state index contributed by atoms with van der Waals surface area (Å²) in [7, 11) is 0. The van der Waals surface area contributed by atoms with Gasteiger partial charge in [0.15, 0.2) is 29.1 Å². The predicted molar refractivity (Wildman–Crippen MR) is 121 cm³/mol. The highest BCUT2D eigenvalue weighted by Crippen LogP contribution is 2.37. The van der Waals surface area contributed by atoms with Crippen LogP contribution in [0.1, 0.15) is 60.8 Å². The second-order valence-corrected chi connectivity index (χ2v) is 9.42. The summed E-state index contributed by atoms with van der Waals surface area (Å²) in [5.41, 5.74) is 0.618. The van der Waals surface area contributed by atoms with Crippen LogP contribution in [0.3, 0.4) is 0 Å². The fourth-order valence-electron chi connectivity index (χ4n) is 4.63. The highest BCUT2D eigenvalue weighted by molar-refractivity contribution is 5.32. The zero-order chi connectivity index (χ0) is 26.0. The first-order valence-electron chi connectivity index (χ1n) is 11.8. The number of halogens is 7. The molecule has 1 fully saturated rings. The van der Waals surface area contributed by atoms with Crippen molar-refractivity contribution in [1.82, 2.24) is 0 Å². The number of alkyl halides is 2. The Balaban J connectivity index is 1.43. The molecule has 36 heavy (non-hydrogen) atoms. The van der Waals surface area contributed by atoms with Crippen molar-refractivity contribution in [2.24, 2.45) is 5.92 Å². The lowest BCUT2D eigenvalue weighted by molar-refractivity contribution is -0.188. The summed E-state index contributed by atoms with van der Waals surface area (Å²) in [5, 5.41) is 0. The first kappa shape index (κ1) is 26.0. The van der Waals surface area contributed by atoms with Crippen molar-refractivity contribution in [3.8, 4) is 5.75 Å². The van der Waals surface area contributed by atoms with Gasteiger partial charge < -0.3 is 4.74 Å². The van der Waals surface area contributed by atoms with Gasteiger partial charge >= 0.3 is 6.11 Å². The van der Waals surface area contributed by atoms with E-state index in [4.69, 9.17) is 0 Å². The van der Waals surface area contributed by atoms with Crippen molar-refractivity contribution >= 4 is 0 Å². The number of benzene rings is 3. The third-order valence-electron chi connectivity index (χ3n) is 6.83. The second kappa shape index (κ2) is 10.5. The van der Waals surface area contributed by atoms with Crippen LogP contribution in [-0.4, -0.2) is 0 Å². The van der Waals surface area contributed by atoms with Gasteiger partial charge in [-0.05, 0) is 60.3 Å². The fourth-order valence-corrected chi connectivity index (χ4v) is 4.63. The van der Waals surface area contributed by atoms with Crippen LogP contribution < -0.4 is 4.74 Å². The lowest BCUT2D eigenvalue weighted by Gasteiger charge is -2.26. The molecule has 0 amide bonds. The van der Waals surface area contributed by atoms with Crippen LogP contribution in [0.5, 0.6) is 5.75 Å². The van der Waals surface area contributed by atoms with E-state index in [1.807, 2.05) is 12.1 Å². The molecule has 0 aliphatic heterocycles. The maximum absolute atomic E-state index is 14.6. The number of rotatable bonds is 7. The smallest absolute Gasteiger partial charge is 0.429 e. The summed E-state index contributed by atoms with van der Waals surface area (Å²) < 4.78 is 102. The Hall–Kier alpha value is -3.03. The van der Waals surface area contributed by atoms with E-state index in [9.17, 15) is 30.7 Å². The lowest BCUT2D eigenvalue weighted by Crippen LogP contribution is -2.24. The largest absolute Gasteiger partial charge is 0.429 e. The molecule has 1 saturated carbocycles. The van der Waals surface area contributed by atoms with Crippen LogP contribution in [0.15, 0.2) is 48.5 Å². The Morgan fingerprint density at radius 3 is 1.97 bits per heavy atom. The Morgan fingerprint density at radius 2 is 1.36 bits per heavy atom. The molecule has 3 aromatic carbocycles. The van der Waals surface area contributed by atoms with Gasteiger partial charge in [-0.25, -0.2) is 22.0 Å². The summed E-state index contributed by atoms with van der Waals surface area (Å²) in [5.74, 6) is -8.48. The van der Waals surface area contributed by atoms with E-state index < -0.39 is 46.5 Å². The van der Waals surface area contributed by atoms with E-state index in [1.54, 1.807) is 0 Å². The van der Waals surface area contributed by atoms with Crippen molar-refractivity contribution < 1.29 is 35.5 Å². The zero-order valence-corrected chi connectivity index (χ0v) is 19.6. The Morgan fingerprint density at radius 1 is 0.750 bits per heavy atom. The minimum Gasteiger partial charge on any atom is -0.429 e. The van der Waals surface area contributed by atoms with Crippen LogP contribution in [0, 0.1) is 35.0 Å². The highest BCUT2D eigenvalue weighted by atomic mass is 19.3. The molecular formula is C28H25F7O. The molecule has 0 unspecified atom stereocenters. The van der Waals surface area contributed by atoms with Gasteiger partial charge in [0.25, 0.3) is 0 Å². The summed E-state index contributed by atoms with van der Waals surface area (Å²) in [6.45, 7) is 2.26. The zero-order valence-electron chi connectivity index (χ0n) is 19.6. The van der Waals surface area contributed by atoms with E-state index in [0.717, 1.165) is 30.4 Å². The van der Waals surface area contributed by atoms with Gasteiger partial charge in [0.2, 0.25) is 0 Å². The van der Waals surface area contributed by atoms with Gasteiger partial charge in [0, 0.05) is 12.1 Å². The lowest BCUT2D eigenvalue weighted by atomic mass is 9.79. The monoisotopic (exact) mass is 510 g/mol. The van der Waals surface area contributed by atoms with E-state index in [2.05, 4.69) is 23.8 Å². The van der Waals surface area contributed by atoms with Crippen molar-refractivity contribution in [1.29, 1.82) is 0 Å². The molecule has 3 aromatic rings. The first-order valence-corrected chi connectivity index (χ1v) is 11.8. The van der Waals surface area contributed by atoms with Crippen LogP contribution >= 0.6 is 0 Å². The molecule has 0 spiro atoms. The van der Waals surface area contributed by atoms with E-state index >= 15 is 0 Å². The standard InChI is InChI=1S/C28H25F7O/c1-16-2-7-18(8-3-16)19-9-4-17(5-10-19)6-11-20-12-13-22(26(32)25(20)31)28(34,35)36-21-14-23(29)27(33)24(30)15-21/h4-5,9-10,12-16,18H,2-3,6-8,11H2,1H3. The molecule has 8 heteroatoms. The molecule has 1 aliphatic carbocycles. The highest BCUT2D eigenvalue weighted by Gasteiger charge is 2.39. The molecule has 1 nitrogen and oxygen atoms in total. The normalized spacial score (nSPS) is 18.3. The SMILES string of the molecule is CC1CCC(c2ccc(CCc3ccc(C(F)(F)Oc4cc(F)c(F)c(F)c4)c(F)c3F)cc2)CC1. The quantitative estimate of drug-likeness (QED) is 0.229. The van der Waals surface area contributed by atoms with Crippen LogP contribution in [0.4, 0.5) is 30.7 Å². The number of hydrogen-bond donors (Lipinski definition) is 0. The number of hydrogen-bond acceptors (Lipinski definition) is 1. The second-order valence-electron chi connectivity index (χ2n) is 9.42. The topological polar surface area (TPSA) is 9.23 Å². The third kappa shape index (κ3) is 5.68. The Bertz CT molecular complexity index is 1190. The van der Waals surface area contributed by atoms with Gasteiger partial charge in [-0.2, -0.15) is 8.78 Å². The fraction of sp³-hybridized carbons (Fsp3) is 0.357. The third-order valence-corrected chi connectivity index (χ3v) is 6.83. The van der Waals surface area contributed by atoms with Gasteiger partial charge in [-0.1, -0.05) is 50.1 Å². The minimum atomic E-state index is -4.47. The molecule has 4 rings (SSSR count). The molecule has 0 aromatic heterocycles. The van der Waals surface area contributed by atoms with E-state index in [-0.39, 0.29) is 24.1 Å². The summed E-state index contributed by atoms with van der Waals surface area (Å²) in [6.07, 6.45) is 0.688. The molecule has 0 atom stereocenters. The number of ether oxygens (including phenoxy) is 1. The summed E-state index contributed by atoms with van der Waals surface area (Å²) in [6, 6.07) is 10.1. The average Bonchev–Trinajstić information content (AvgIpc) is 2.84. The molecule has 0 bridgehead atoms. The summed E-state index contributed by atoms with van der Waals surface area (Å²) >= 11 is 0. The number of aryl methyl sites for hydroxylation is 2. The van der Waals surface area contributed by atoms with Crippen LogP contribution in [-0.2, 0) is 19.0 Å².